The normalized spacial score (nSPS) is 16.2. The van der Waals surface area contributed by atoms with E-state index in [-0.39, 0.29) is 11.3 Å². The van der Waals surface area contributed by atoms with Crippen molar-refractivity contribution in [1.82, 2.24) is 14.8 Å². The van der Waals surface area contributed by atoms with Gasteiger partial charge in [0.1, 0.15) is 5.82 Å². The number of fused-ring (bicyclic) bond motifs is 1. The smallest absolute Gasteiger partial charge is 0.234 e. The first-order valence-electron chi connectivity index (χ1n) is 9.93. The van der Waals surface area contributed by atoms with Gasteiger partial charge in [0.2, 0.25) is 5.91 Å². The largest absolute Gasteiger partial charge is 0.349 e. The van der Waals surface area contributed by atoms with Gasteiger partial charge in [0.25, 0.3) is 0 Å². The highest BCUT2D eigenvalue weighted by Crippen LogP contribution is 2.31. The Labute approximate surface area is 173 Å². The molecule has 0 unspecified atom stereocenters. The van der Waals surface area contributed by atoms with E-state index >= 15 is 0 Å². The highest BCUT2D eigenvalue weighted by Gasteiger charge is 2.44. The second-order valence-corrected chi connectivity index (χ2v) is 8.03. The molecular formula is C24H30N4O. The zero-order valence-electron chi connectivity index (χ0n) is 17.8. The molecule has 1 aliphatic rings. The highest BCUT2D eigenvalue weighted by atomic mass is 16.2. The lowest BCUT2D eigenvalue weighted by molar-refractivity contribution is -0.133. The second-order valence-electron chi connectivity index (χ2n) is 8.03. The van der Waals surface area contributed by atoms with Gasteiger partial charge in [-0.2, -0.15) is 0 Å². The number of amides is 1. The Morgan fingerprint density at radius 3 is 2.69 bits per heavy atom. The Morgan fingerprint density at radius 2 is 2.07 bits per heavy atom. The van der Waals surface area contributed by atoms with Crippen molar-refractivity contribution in [2.45, 2.75) is 20.8 Å². The molecule has 2 aromatic rings. The van der Waals surface area contributed by atoms with Gasteiger partial charge in [-0.05, 0) is 49.6 Å². The SMILES string of the molecule is C=C/C=C(/c1ccc2cnc(NC(=O)C3(C)CN(CC)C3)cc2c1)N(C)C(=C)C. The molecular weight excluding hydrogens is 360 g/mol. The number of aromatic nitrogens is 1. The third kappa shape index (κ3) is 4.25. The van der Waals surface area contributed by atoms with Crippen LogP contribution in [0.15, 0.2) is 61.5 Å². The number of allylic oxidation sites excluding steroid dienone is 3. The molecule has 5 nitrogen and oxygen atoms in total. The van der Waals surface area contributed by atoms with Crippen LogP contribution in [0.3, 0.4) is 0 Å². The van der Waals surface area contributed by atoms with Crippen molar-refractivity contribution in [2.24, 2.45) is 5.41 Å². The predicted octanol–water partition coefficient (Wildman–Crippen LogP) is 4.51. The van der Waals surface area contributed by atoms with E-state index in [1.807, 2.05) is 44.0 Å². The van der Waals surface area contributed by atoms with Crippen LogP contribution in [0.25, 0.3) is 16.5 Å². The zero-order chi connectivity index (χ0) is 21.2. The first kappa shape index (κ1) is 20.8. The van der Waals surface area contributed by atoms with Crippen LogP contribution in [-0.4, -0.2) is 47.4 Å². The number of nitrogens with zero attached hydrogens (tertiary/aromatic N) is 3. The Balaban J connectivity index is 1.87. The monoisotopic (exact) mass is 390 g/mol. The molecule has 1 N–H and O–H groups in total. The molecule has 152 valence electrons. The van der Waals surface area contributed by atoms with Crippen molar-refractivity contribution in [2.75, 3.05) is 32.0 Å². The third-order valence-electron chi connectivity index (χ3n) is 5.61. The van der Waals surface area contributed by atoms with Gasteiger partial charge in [-0.1, -0.05) is 38.3 Å². The summed E-state index contributed by atoms with van der Waals surface area (Å²) in [5.74, 6) is 0.609. The van der Waals surface area contributed by atoms with Crippen LogP contribution < -0.4 is 5.32 Å². The lowest BCUT2D eigenvalue weighted by Crippen LogP contribution is -2.60. The van der Waals surface area contributed by atoms with Gasteiger partial charge in [0, 0.05) is 43.1 Å². The van der Waals surface area contributed by atoms with Gasteiger partial charge in [0.15, 0.2) is 0 Å². The third-order valence-corrected chi connectivity index (χ3v) is 5.61. The van der Waals surface area contributed by atoms with E-state index in [2.05, 4.69) is 47.4 Å². The van der Waals surface area contributed by atoms with Gasteiger partial charge in [-0.15, -0.1) is 0 Å². The molecule has 0 spiro atoms. The molecule has 1 fully saturated rings. The molecule has 0 saturated carbocycles. The van der Waals surface area contributed by atoms with Gasteiger partial charge in [0.05, 0.1) is 5.41 Å². The van der Waals surface area contributed by atoms with E-state index in [0.717, 1.165) is 47.4 Å². The van der Waals surface area contributed by atoms with E-state index in [9.17, 15) is 4.79 Å². The van der Waals surface area contributed by atoms with Crippen LogP contribution in [0.5, 0.6) is 0 Å². The molecule has 3 rings (SSSR count). The summed E-state index contributed by atoms with van der Waals surface area (Å²) in [4.78, 5) is 21.4. The summed E-state index contributed by atoms with van der Waals surface area (Å²) in [6.07, 6.45) is 5.54. The number of pyridine rings is 1. The predicted molar refractivity (Wildman–Crippen MR) is 121 cm³/mol. The molecule has 1 aliphatic heterocycles. The maximum atomic E-state index is 12.7. The molecule has 2 heterocycles. The molecule has 1 aromatic heterocycles. The topological polar surface area (TPSA) is 48.5 Å². The Bertz CT molecular complexity index is 986. The van der Waals surface area contributed by atoms with Gasteiger partial charge in [-0.25, -0.2) is 4.98 Å². The standard InChI is InChI=1S/C24H30N4O/c1-7-9-21(27(6)17(3)4)18-10-11-19-14-25-22(13-20(19)12-18)26-23(29)24(5)15-28(8-2)16-24/h7,9-14H,1,3,8,15-16H2,2,4-6H3,(H,25,26,29)/b21-9-. The van der Waals surface area contributed by atoms with Crippen LogP contribution in [0.2, 0.25) is 0 Å². The Kier molecular flexibility index (Phi) is 5.89. The number of rotatable bonds is 7. The molecule has 5 heteroatoms. The minimum atomic E-state index is -0.349. The number of hydrogen-bond acceptors (Lipinski definition) is 4. The van der Waals surface area contributed by atoms with Crippen molar-refractivity contribution >= 4 is 28.2 Å². The van der Waals surface area contributed by atoms with E-state index in [1.54, 1.807) is 12.3 Å². The first-order chi connectivity index (χ1) is 13.8. The molecule has 0 bridgehead atoms. The van der Waals surface area contributed by atoms with Crippen molar-refractivity contribution in [3.05, 3.63) is 67.0 Å². The fourth-order valence-corrected chi connectivity index (χ4v) is 3.66. The summed E-state index contributed by atoms with van der Waals surface area (Å²) < 4.78 is 0. The summed E-state index contributed by atoms with van der Waals surface area (Å²) in [5.41, 5.74) is 2.66. The van der Waals surface area contributed by atoms with E-state index in [0.29, 0.717) is 5.82 Å². The molecule has 0 radical (unpaired) electrons. The number of carbonyl (C=O) groups is 1. The number of hydrogen-bond donors (Lipinski definition) is 1. The van der Waals surface area contributed by atoms with E-state index in [4.69, 9.17) is 0 Å². The average molecular weight is 391 g/mol. The summed E-state index contributed by atoms with van der Waals surface area (Å²) in [6.45, 7) is 16.5. The average Bonchev–Trinajstić information content (AvgIpc) is 2.68. The zero-order valence-corrected chi connectivity index (χ0v) is 17.8. The summed E-state index contributed by atoms with van der Waals surface area (Å²) in [7, 11) is 1.99. The second kappa shape index (κ2) is 8.21. The maximum Gasteiger partial charge on any atom is 0.234 e. The highest BCUT2D eigenvalue weighted by molar-refractivity contribution is 5.97. The minimum absolute atomic E-state index is 0.0273. The number of nitrogens with one attached hydrogen (secondary N) is 1. The van der Waals surface area contributed by atoms with Crippen LogP contribution >= 0.6 is 0 Å². The fourth-order valence-electron chi connectivity index (χ4n) is 3.66. The van der Waals surface area contributed by atoms with Crippen LogP contribution in [0.4, 0.5) is 5.82 Å². The Hall–Kier alpha value is -2.92. The van der Waals surface area contributed by atoms with E-state index in [1.165, 1.54) is 0 Å². The van der Waals surface area contributed by atoms with Crippen molar-refractivity contribution in [1.29, 1.82) is 0 Å². The van der Waals surface area contributed by atoms with E-state index < -0.39 is 0 Å². The number of anilines is 1. The Morgan fingerprint density at radius 1 is 1.34 bits per heavy atom. The quantitative estimate of drug-likeness (QED) is 0.707. The molecule has 0 aliphatic carbocycles. The summed E-state index contributed by atoms with van der Waals surface area (Å²) >= 11 is 0. The lowest BCUT2D eigenvalue weighted by Gasteiger charge is -2.46. The number of benzene rings is 1. The molecule has 1 aromatic carbocycles. The molecule has 29 heavy (non-hydrogen) atoms. The maximum absolute atomic E-state index is 12.7. The van der Waals surface area contributed by atoms with Gasteiger partial charge >= 0.3 is 0 Å². The van der Waals surface area contributed by atoms with Crippen LogP contribution in [0, 0.1) is 5.41 Å². The number of likely N-dealkylation sites (tertiary alicyclic amines) is 1. The van der Waals surface area contributed by atoms with Crippen molar-refractivity contribution in [3.63, 3.8) is 0 Å². The lowest BCUT2D eigenvalue weighted by atomic mass is 9.81. The van der Waals surface area contributed by atoms with Crippen LogP contribution in [0.1, 0.15) is 26.3 Å². The minimum Gasteiger partial charge on any atom is -0.349 e. The molecule has 1 saturated heterocycles. The molecule has 1 amide bonds. The van der Waals surface area contributed by atoms with Gasteiger partial charge in [-0.3, -0.25) is 4.79 Å². The van der Waals surface area contributed by atoms with Crippen molar-refractivity contribution < 1.29 is 4.79 Å². The fraction of sp³-hybridized carbons (Fsp3) is 0.333. The first-order valence-corrected chi connectivity index (χ1v) is 9.93. The number of carbonyl (C=O) groups excluding carboxylic acids is 1. The van der Waals surface area contributed by atoms with Gasteiger partial charge < -0.3 is 15.1 Å². The summed E-state index contributed by atoms with van der Waals surface area (Å²) in [5, 5.41) is 5.05. The van der Waals surface area contributed by atoms with Crippen LogP contribution in [-0.2, 0) is 4.79 Å². The van der Waals surface area contributed by atoms with Crippen molar-refractivity contribution in [3.8, 4) is 0 Å². The molecule has 0 atom stereocenters. The summed E-state index contributed by atoms with van der Waals surface area (Å²) in [6, 6.07) is 8.14.